The number of aliphatic hydroxyl groups is 1. The molecule has 0 aliphatic heterocycles. The van der Waals surface area contributed by atoms with Gasteiger partial charge in [-0.15, -0.1) is 0 Å². The predicted octanol–water partition coefficient (Wildman–Crippen LogP) is 2.37. The number of ether oxygens (including phenoxy) is 1. The lowest BCUT2D eigenvalue weighted by atomic mass is 9.82. The van der Waals surface area contributed by atoms with Crippen molar-refractivity contribution in [3.05, 3.63) is 30.2 Å². The van der Waals surface area contributed by atoms with E-state index in [0.29, 0.717) is 31.2 Å². The number of benzene rings is 1. The first-order valence-electron chi connectivity index (χ1n) is 6.51. The van der Waals surface area contributed by atoms with E-state index >= 15 is 0 Å². The highest BCUT2D eigenvalue weighted by molar-refractivity contribution is 5.56. The van der Waals surface area contributed by atoms with E-state index in [2.05, 4.69) is 10.1 Å². The average Bonchev–Trinajstić information content (AvgIpc) is 2.85. The molecule has 1 aliphatic rings. The van der Waals surface area contributed by atoms with Gasteiger partial charge in [-0.25, -0.2) is 0 Å². The largest absolute Gasteiger partial charge is 0.494 e. The van der Waals surface area contributed by atoms with Crippen LogP contribution in [0, 0.1) is 0 Å². The number of aliphatic hydroxyl groups excluding tert-OH is 1. The van der Waals surface area contributed by atoms with Gasteiger partial charge in [-0.2, -0.15) is 4.98 Å². The van der Waals surface area contributed by atoms with Crippen LogP contribution < -0.4 is 4.74 Å². The topological polar surface area (TPSA) is 68.4 Å². The van der Waals surface area contributed by atoms with Gasteiger partial charge in [-0.05, 0) is 31.9 Å². The fourth-order valence-corrected chi connectivity index (χ4v) is 2.20. The Morgan fingerprint density at radius 3 is 3.00 bits per heavy atom. The van der Waals surface area contributed by atoms with Crippen molar-refractivity contribution in [2.24, 2.45) is 0 Å². The summed E-state index contributed by atoms with van der Waals surface area (Å²) in [5.74, 6) is 2.18. The van der Waals surface area contributed by atoms with Crippen LogP contribution in [0.5, 0.6) is 5.75 Å². The number of hydrogen-bond donors (Lipinski definition) is 1. The Labute approximate surface area is 111 Å². The van der Waals surface area contributed by atoms with Crippen molar-refractivity contribution < 1.29 is 14.4 Å². The predicted molar refractivity (Wildman–Crippen MR) is 68.9 cm³/mol. The van der Waals surface area contributed by atoms with Crippen LogP contribution in [-0.2, 0) is 0 Å². The van der Waals surface area contributed by atoms with Crippen LogP contribution in [0.2, 0.25) is 0 Å². The highest BCUT2D eigenvalue weighted by Crippen LogP contribution is 2.36. The standard InChI is InChI=1S/C14H16N2O3/c1-2-18-12-5-3-4-9(8-12)13-15-14(19-16-13)10-6-11(17)7-10/h3-5,8,10-11,17H,2,6-7H2,1H3. The monoisotopic (exact) mass is 260 g/mol. The fourth-order valence-electron chi connectivity index (χ4n) is 2.20. The fraction of sp³-hybridized carbons (Fsp3) is 0.429. The molecule has 0 spiro atoms. The van der Waals surface area contributed by atoms with E-state index < -0.39 is 0 Å². The molecule has 3 rings (SSSR count). The van der Waals surface area contributed by atoms with E-state index in [9.17, 15) is 5.11 Å². The molecule has 2 aromatic rings. The Balaban J connectivity index is 1.80. The van der Waals surface area contributed by atoms with E-state index in [0.717, 1.165) is 11.3 Å². The van der Waals surface area contributed by atoms with E-state index in [4.69, 9.17) is 9.26 Å². The molecule has 0 saturated heterocycles. The number of aromatic nitrogens is 2. The van der Waals surface area contributed by atoms with E-state index in [1.807, 2.05) is 31.2 Å². The molecular formula is C14H16N2O3. The van der Waals surface area contributed by atoms with Gasteiger partial charge < -0.3 is 14.4 Å². The van der Waals surface area contributed by atoms with Gasteiger partial charge in [0.1, 0.15) is 5.75 Å². The molecule has 0 radical (unpaired) electrons. The highest BCUT2D eigenvalue weighted by atomic mass is 16.5. The van der Waals surface area contributed by atoms with Gasteiger partial charge in [0.25, 0.3) is 0 Å². The number of rotatable bonds is 4. The summed E-state index contributed by atoms with van der Waals surface area (Å²) in [5.41, 5.74) is 0.876. The summed E-state index contributed by atoms with van der Waals surface area (Å²) in [6.07, 6.45) is 1.20. The van der Waals surface area contributed by atoms with E-state index in [1.165, 1.54) is 0 Å². The lowest BCUT2D eigenvalue weighted by Crippen LogP contribution is -2.26. The number of nitrogens with zero attached hydrogens (tertiary/aromatic N) is 2. The second kappa shape index (κ2) is 5.01. The van der Waals surface area contributed by atoms with Gasteiger partial charge in [-0.1, -0.05) is 17.3 Å². The summed E-state index contributed by atoms with van der Waals surface area (Å²) in [7, 11) is 0. The molecule has 1 aromatic carbocycles. The lowest BCUT2D eigenvalue weighted by molar-refractivity contribution is 0.0625. The minimum atomic E-state index is -0.221. The molecule has 19 heavy (non-hydrogen) atoms. The maximum Gasteiger partial charge on any atom is 0.230 e. The molecule has 0 amide bonds. The van der Waals surface area contributed by atoms with Crippen molar-refractivity contribution in [2.45, 2.75) is 31.8 Å². The molecule has 0 bridgehead atoms. The van der Waals surface area contributed by atoms with Gasteiger partial charge in [-0.3, -0.25) is 0 Å². The molecule has 1 aliphatic carbocycles. The maximum absolute atomic E-state index is 9.29. The quantitative estimate of drug-likeness (QED) is 0.914. The molecule has 1 saturated carbocycles. The normalized spacial score (nSPS) is 22.0. The molecule has 1 fully saturated rings. The molecule has 5 nitrogen and oxygen atoms in total. The molecular weight excluding hydrogens is 244 g/mol. The molecule has 100 valence electrons. The van der Waals surface area contributed by atoms with Crippen LogP contribution in [-0.4, -0.2) is 28.0 Å². The average molecular weight is 260 g/mol. The zero-order valence-electron chi connectivity index (χ0n) is 10.7. The number of hydrogen-bond acceptors (Lipinski definition) is 5. The van der Waals surface area contributed by atoms with Crippen LogP contribution in [0.15, 0.2) is 28.8 Å². The van der Waals surface area contributed by atoms with Crippen LogP contribution in [0.25, 0.3) is 11.4 Å². The van der Waals surface area contributed by atoms with Gasteiger partial charge >= 0.3 is 0 Å². The third kappa shape index (κ3) is 2.46. The third-order valence-corrected chi connectivity index (χ3v) is 3.31. The Hall–Kier alpha value is -1.88. The smallest absolute Gasteiger partial charge is 0.230 e. The van der Waals surface area contributed by atoms with Gasteiger partial charge in [0.2, 0.25) is 11.7 Å². The van der Waals surface area contributed by atoms with Crippen molar-refractivity contribution in [3.8, 4) is 17.1 Å². The highest BCUT2D eigenvalue weighted by Gasteiger charge is 2.33. The molecule has 0 unspecified atom stereocenters. The summed E-state index contributed by atoms with van der Waals surface area (Å²) in [6, 6.07) is 7.63. The first-order chi connectivity index (χ1) is 9.26. The van der Waals surface area contributed by atoms with Crippen molar-refractivity contribution in [1.29, 1.82) is 0 Å². The van der Waals surface area contributed by atoms with E-state index in [-0.39, 0.29) is 12.0 Å². The Bertz CT molecular complexity index is 561. The Morgan fingerprint density at radius 2 is 2.26 bits per heavy atom. The zero-order chi connectivity index (χ0) is 13.2. The Kier molecular flexibility index (Phi) is 3.21. The second-order valence-electron chi connectivity index (χ2n) is 4.74. The summed E-state index contributed by atoms with van der Waals surface area (Å²) in [4.78, 5) is 4.39. The first kappa shape index (κ1) is 12.2. The van der Waals surface area contributed by atoms with Crippen LogP contribution in [0.4, 0.5) is 0 Å². The zero-order valence-corrected chi connectivity index (χ0v) is 10.7. The Morgan fingerprint density at radius 1 is 1.42 bits per heavy atom. The maximum atomic E-state index is 9.29. The SMILES string of the molecule is CCOc1cccc(-c2noc(C3CC(O)C3)n2)c1. The second-order valence-corrected chi connectivity index (χ2v) is 4.74. The third-order valence-electron chi connectivity index (χ3n) is 3.31. The summed E-state index contributed by atoms with van der Waals surface area (Å²) in [6.45, 7) is 2.57. The minimum Gasteiger partial charge on any atom is -0.494 e. The summed E-state index contributed by atoms with van der Waals surface area (Å²) in [5, 5.41) is 13.3. The van der Waals surface area contributed by atoms with Crippen molar-refractivity contribution >= 4 is 0 Å². The van der Waals surface area contributed by atoms with Crippen molar-refractivity contribution in [3.63, 3.8) is 0 Å². The van der Waals surface area contributed by atoms with Crippen molar-refractivity contribution in [1.82, 2.24) is 10.1 Å². The van der Waals surface area contributed by atoms with Gasteiger partial charge in [0.15, 0.2) is 0 Å². The van der Waals surface area contributed by atoms with Crippen LogP contribution >= 0.6 is 0 Å². The van der Waals surface area contributed by atoms with Gasteiger partial charge in [0, 0.05) is 11.5 Å². The lowest BCUT2D eigenvalue weighted by Gasteiger charge is -2.27. The van der Waals surface area contributed by atoms with E-state index in [1.54, 1.807) is 0 Å². The molecule has 5 heteroatoms. The van der Waals surface area contributed by atoms with Crippen LogP contribution in [0.3, 0.4) is 0 Å². The molecule has 1 heterocycles. The summed E-state index contributed by atoms with van der Waals surface area (Å²) < 4.78 is 10.7. The molecule has 1 aromatic heterocycles. The van der Waals surface area contributed by atoms with Gasteiger partial charge in [0.05, 0.1) is 12.7 Å². The molecule has 1 N–H and O–H groups in total. The summed E-state index contributed by atoms with van der Waals surface area (Å²) >= 11 is 0. The molecule has 0 atom stereocenters. The minimum absolute atomic E-state index is 0.200. The van der Waals surface area contributed by atoms with Crippen LogP contribution in [0.1, 0.15) is 31.6 Å². The van der Waals surface area contributed by atoms with Crippen molar-refractivity contribution in [2.75, 3.05) is 6.61 Å². The first-order valence-corrected chi connectivity index (χ1v) is 6.51.